The van der Waals surface area contributed by atoms with Gasteiger partial charge in [0.1, 0.15) is 0 Å². The van der Waals surface area contributed by atoms with Crippen molar-refractivity contribution >= 4 is 5.91 Å². The molecule has 0 saturated carbocycles. The van der Waals surface area contributed by atoms with Crippen LogP contribution in [-0.2, 0) is 0 Å². The van der Waals surface area contributed by atoms with Crippen molar-refractivity contribution < 1.29 is 4.79 Å². The van der Waals surface area contributed by atoms with E-state index in [1.54, 1.807) is 0 Å². The van der Waals surface area contributed by atoms with Crippen molar-refractivity contribution in [3.05, 3.63) is 53.9 Å². The third-order valence-corrected chi connectivity index (χ3v) is 2.89. The molecule has 2 aromatic rings. The molecule has 1 N–H and O–H groups in total. The summed E-state index contributed by atoms with van der Waals surface area (Å²) in [5.74, 6) is -0.00902. The number of nitrogens with one attached hydrogen (secondary N) is 1. The Morgan fingerprint density at radius 3 is 2.67 bits per heavy atom. The Hall–Kier alpha value is -2.03. The normalized spacial score (nSPS) is 10.3. The third kappa shape index (κ3) is 2.62. The van der Waals surface area contributed by atoms with Gasteiger partial charge in [0.15, 0.2) is 0 Å². The second kappa shape index (κ2) is 5.54. The fraction of sp³-hybridized carbons (Fsp3) is 0.267. The van der Waals surface area contributed by atoms with Crippen LogP contribution in [0, 0.1) is 6.92 Å². The van der Waals surface area contributed by atoms with Crippen LogP contribution in [0.4, 0.5) is 0 Å². The summed E-state index contributed by atoms with van der Waals surface area (Å²) >= 11 is 0. The molecule has 1 aromatic carbocycles. The van der Waals surface area contributed by atoms with Crippen molar-refractivity contribution in [1.29, 1.82) is 0 Å². The first kappa shape index (κ1) is 12.4. The lowest BCUT2D eigenvalue weighted by Gasteiger charge is -2.10. The van der Waals surface area contributed by atoms with Gasteiger partial charge < -0.3 is 9.88 Å². The summed E-state index contributed by atoms with van der Waals surface area (Å²) in [5, 5.41) is 2.89. The zero-order chi connectivity index (χ0) is 13.0. The zero-order valence-corrected chi connectivity index (χ0v) is 10.8. The number of aromatic nitrogens is 1. The van der Waals surface area contributed by atoms with Crippen LogP contribution in [0.2, 0.25) is 0 Å². The summed E-state index contributed by atoms with van der Waals surface area (Å²) in [6, 6.07) is 9.73. The van der Waals surface area contributed by atoms with Gasteiger partial charge in [-0.3, -0.25) is 4.79 Å². The maximum atomic E-state index is 11.9. The zero-order valence-electron chi connectivity index (χ0n) is 10.8. The predicted octanol–water partition coefficient (Wildman–Crippen LogP) is 2.93. The van der Waals surface area contributed by atoms with Crippen LogP contribution in [0.3, 0.4) is 0 Å². The summed E-state index contributed by atoms with van der Waals surface area (Å²) in [6.45, 7) is 4.80. The van der Waals surface area contributed by atoms with Crippen LogP contribution in [0.1, 0.15) is 29.3 Å². The standard InChI is InChI=1S/C15H18N2O/c1-3-8-16-15(18)13-7-6-12(2)14(11-13)17-9-4-5-10-17/h4-7,9-11H,3,8H2,1-2H3,(H,16,18). The Bertz CT molecular complexity index is 529. The minimum atomic E-state index is -0.00902. The maximum Gasteiger partial charge on any atom is 0.251 e. The Labute approximate surface area is 107 Å². The molecule has 0 spiro atoms. The lowest BCUT2D eigenvalue weighted by Crippen LogP contribution is -2.24. The smallest absolute Gasteiger partial charge is 0.251 e. The summed E-state index contributed by atoms with van der Waals surface area (Å²) in [4.78, 5) is 11.9. The van der Waals surface area contributed by atoms with Crippen LogP contribution in [0.5, 0.6) is 0 Å². The average molecular weight is 242 g/mol. The van der Waals surface area contributed by atoms with Gasteiger partial charge in [0.25, 0.3) is 5.91 Å². The molecule has 0 saturated heterocycles. The van der Waals surface area contributed by atoms with Gasteiger partial charge in [-0.15, -0.1) is 0 Å². The van der Waals surface area contributed by atoms with Crippen molar-refractivity contribution in [2.75, 3.05) is 6.54 Å². The lowest BCUT2D eigenvalue weighted by molar-refractivity contribution is 0.0953. The van der Waals surface area contributed by atoms with E-state index in [1.165, 1.54) is 0 Å². The van der Waals surface area contributed by atoms with E-state index in [1.807, 2.05) is 61.1 Å². The largest absolute Gasteiger partial charge is 0.352 e. The first-order chi connectivity index (χ1) is 8.72. The van der Waals surface area contributed by atoms with E-state index in [-0.39, 0.29) is 5.91 Å². The predicted molar refractivity (Wildman–Crippen MR) is 73.1 cm³/mol. The molecule has 0 radical (unpaired) electrons. The highest BCUT2D eigenvalue weighted by Crippen LogP contribution is 2.16. The number of carbonyl (C=O) groups excluding carboxylic acids is 1. The second-order valence-electron chi connectivity index (χ2n) is 4.35. The van der Waals surface area contributed by atoms with Crippen molar-refractivity contribution in [3.8, 4) is 5.69 Å². The molecule has 0 unspecified atom stereocenters. The quantitative estimate of drug-likeness (QED) is 0.878. The van der Waals surface area contributed by atoms with E-state index in [0.29, 0.717) is 12.1 Å². The number of nitrogens with zero attached hydrogens (tertiary/aromatic N) is 1. The Morgan fingerprint density at radius 2 is 2.00 bits per heavy atom. The van der Waals surface area contributed by atoms with Crippen LogP contribution in [0.25, 0.3) is 5.69 Å². The van der Waals surface area contributed by atoms with E-state index >= 15 is 0 Å². The van der Waals surface area contributed by atoms with E-state index in [2.05, 4.69) is 5.32 Å². The van der Waals surface area contributed by atoms with E-state index in [9.17, 15) is 4.79 Å². The van der Waals surface area contributed by atoms with Crippen molar-refractivity contribution in [1.82, 2.24) is 9.88 Å². The van der Waals surface area contributed by atoms with Crippen LogP contribution >= 0.6 is 0 Å². The lowest BCUT2D eigenvalue weighted by atomic mass is 10.1. The van der Waals surface area contributed by atoms with Gasteiger partial charge >= 0.3 is 0 Å². The maximum absolute atomic E-state index is 11.9. The number of hydrogen-bond donors (Lipinski definition) is 1. The number of carbonyl (C=O) groups is 1. The minimum absolute atomic E-state index is 0.00902. The van der Waals surface area contributed by atoms with E-state index < -0.39 is 0 Å². The number of rotatable bonds is 4. The molecular weight excluding hydrogens is 224 g/mol. The molecule has 94 valence electrons. The van der Waals surface area contributed by atoms with Crippen LogP contribution in [0.15, 0.2) is 42.7 Å². The topological polar surface area (TPSA) is 34.0 Å². The molecule has 2 rings (SSSR count). The minimum Gasteiger partial charge on any atom is -0.352 e. The second-order valence-corrected chi connectivity index (χ2v) is 4.35. The molecule has 0 atom stereocenters. The van der Waals surface area contributed by atoms with Crippen molar-refractivity contribution in [2.45, 2.75) is 20.3 Å². The number of amides is 1. The van der Waals surface area contributed by atoms with Crippen LogP contribution in [-0.4, -0.2) is 17.0 Å². The first-order valence-corrected chi connectivity index (χ1v) is 6.24. The highest BCUT2D eigenvalue weighted by Gasteiger charge is 2.08. The van der Waals surface area contributed by atoms with Gasteiger partial charge in [-0.1, -0.05) is 13.0 Å². The molecular formula is C15H18N2O. The van der Waals surface area contributed by atoms with Crippen molar-refractivity contribution in [2.24, 2.45) is 0 Å². The van der Waals surface area contributed by atoms with Gasteiger partial charge in [-0.2, -0.15) is 0 Å². The summed E-state index contributed by atoms with van der Waals surface area (Å²) in [5.41, 5.74) is 2.90. The van der Waals surface area contributed by atoms with E-state index in [4.69, 9.17) is 0 Å². The van der Waals surface area contributed by atoms with E-state index in [0.717, 1.165) is 17.7 Å². The van der Waals surface area contributed by atoms with Gasteiger partial charge in [0.05, 0.1) is 0 Å². The Morgan fingerprint density at radius 1 is 1.28 bits per heavy atom. The number of hydrogen-bond acceptors (Lipinski definition) is 1. The first-order valence-electron chi connectivity index (χ1n) is 6.24. The summed E-state index contributed by atoms with van der Waals surface area (Å²) in [7, 11) is 0. The highest BCUT2D eigenvalue weighted by molar-refractivity contribution is 5.94. The third-order valence-electron chi connectivity index (χ3n) is 2.89. The molecule has 0 bridgehead atoms. The summed E-state index contributed by atoms with van der Waals surface area (Å²) in [6.07, 6.45) is 4.91. The molecule has 3 heteroatoms. The Balaban J connectivity index is 2.29. The van der Waals surface area contributed by atoms with Gasteiger partial charge in [-0.05, 0) is 43.2 Å². The Kier molecular flexibility index (Phi) is 3.82. The molecule has 0 aliphatic heterocycles. The van der Waals surface area contributed by atoms with Gasteiger partial charge in [-0.25, -0.2) is 0 Å². The molecule has 3 nitrogen and oxygen atoms in total. The molecule has 1 aromatic heterocycles. The SMILES string of the molecule is CCCNC(=O)c1ccc(C)c(-n2cccc2)c1. The average Bonchev–Trinajstić information content (AvgIpc) is 2.90. The molecule has 0 fully saturated rings. The highest BCUT2D eigenvalue weighted by atomic mass is 16.1. The molecule has 0 aliphatic rings. The molecule has 1 heterocycles. The molecule has 0 aliphatic carbocycles. The molecule has 18 heavy (non-hydrogen) atoms. The summed E-state index contributed by atoms with van der Waals surface area (Å²) < 4.78 is 2.02. The number of benzene rings is 1. The van der Waals surface area contributed by atoms with Gasteiger partial charge in [0, 0.05) is 30.2 Å². The fourth-order valence-electron chi connectivity index (χ4n) is 1.86. The molecule has 1 amide bonds. The monoisotopic (exact) mass is 242 g/mol. The van der Waals surface area contributed by atoms with Crippen molar-refractivity contribution in [3.63, 3.8) is 0 Å². The fourth-order valence-corrected chi connectivity index (χ4v) is 1.86. The number of aryl methyl sites for hydroxylation is 1. The van der Waals surface area contributed by atoms with Crippen LogP contribution < -0.4 is 5.32 Å². The van der Waals surface area contributed by atoms with Gasteiger partial charge in [0.2, 0.25) is 0 Å².